The minimum atomic E-state index is -1.25. The number of aromatic nitrogens is 2. The number of aliphatic carboxylic acids is 1. The van der Waals surface area contributed by atoms with E-state index in [9.17, 15) is 29.1 Å². The molecule has 4 unspecified atom stereocenters. The fourth-order valence-corrected chi connectivity index (χ4v) is 3.54. The molecular weight excluding hydrogens is 512 g/mol. The van der Waals surface area contributed by atoms with Crippen LogP contribution in [-0.4, -0.2) is 81.3 Å². The van der Waals surface area contributed by atoms with E-state index < -0.39 is 53.8 Å². The predicted molar refractivity (Wildman–Crippen MR) is 141 cm³/mol. The van der Waals surface area contributed by atoms with E-state index in [0.29, 0.717) is 12.1 Å². The van der Waals surface area contributed by atoms with E-state index in [2.05, 4.69) is 30.9 Å². The molecule has 16 nitrogen and oxygen atoms in total. The molecule has 0 aliphatic carbocycles. The number of nitrogens with one attached hydrogen (secondary N) is 4. The minimum Gasteiger partial charge on any atom is -0.480 e. The number of H-pyrrole nitrogens is 1. The van der Waals surface area contributed by atoms with Crippen LogP contribution in [0.2, 0.25) is 0 Å². The molecule has 0 bridgehead atoms. The van der Waals surface area contributed by atoms with Gasteiger partial charge in [0.15, 0.2) is 5.96 Å². The third-order valence-electron chi connectivity index (χ3n) is 5.55. The first-order valence-electron chi connectivity index (χ1n) is 12.5. The molecule has 218 valence electrons. The zero-order chi connectivity index (χ0) is 29.5. The van der Waals surface area contributed by atoms with Crippen molar-refractivity contribution < 1.29 is 29.1 Å². The van der Waals surface area contributed by atoms with Gasteiger partial charge in [-0.25, -0.2) is 9.78 Å². The number of carboxylic acid groups (broad SMARTS) is 1. The van der Waals surface area contributed by atoms with Crippen molar-refractivity contribution in [2.75, 3.05) is 6.54 Å². The zero-order valence-corrected chi connectivity index (χ0v) is 22.2. The number of amides is 4. The van der Waals surface area contributed by atoms with E-state index in [0.717, 1.165) is 0 Å². The van der Waals surface area contributed by atoms with Gasteiger partial charge in [-0.2, -0.15) is 0 Å². The van der Waals surface area contributed by atoms with Gasteiger partial charge in [0.2, 0.25) is 23.6 Å². The fraction of sp³-hybridized carbons (Fsp3) is 0.609. The van der Waals surface area contributed by atoms with Gasteiger partial charge in [-0.15, -0.1) is 0 Å². The van der Waals surface area contributed by atoms with E-state index in [1.54, 1.807) is 0 Å². The van der Waals surface area contributed by atoms with Gasteiger partial charge < -0.3 is 49.0 Å². The molecule has 1 aromatic heterocycles. The van der Waals surface area contributed by atoms with Gasteiger partial charge in [0, 0.05) is 31.3 Å². The summed E-state index contributed by atoms with van der Waals surface area (Å²) in [6.07, 6.45) is 3.29. The number of aliphatic imine (C=N–C) groups is 1. The standard InChI is InChI=1S/C23H40N10O6/c1-12(2)8-16(20(36)31-15(22(38)39)4-3-7-29-23(26)27)33-21(37)17(9-13-10-28-11-30-13)32-19(35)14(24)5-6-18(25)34/h10-12,14-17H,3-9,24H2,1-2H3,(H2,25,34)(H,28,30)(H,31,36)(H,32,35)(H,33,37)(H,38,39)(H4,26,27,29). The van der Waals surface area contributed by atoms with Crippen LogP contribution in [0.1, 0.15) is 51.6 Å². The van der Waals surface area contributed by atoms with Gasteiger partial charge in [0.1, 0.15) is 18.1 Å². The number of carbonyl (C=O) groups excluding carboxylic acids is 4. The Bertz CT molecular complexity index is 994. The lowest BCUT2D eigenvalue weighted by atomic mass is 10.0. The number of nitrogens with zero attached hydrogens (tertiary/aromatic N) is 2. The highest BCUT2D eigenvalue weighted by Crippen LogP contribution is 2.09. The molecule has 0 aromatic carbocycles. The van der Waals surface area contributed by atoms with E-state index in [1.807, 2.05) is 13.8 Å². The monoisotopic (exact) mass is 552 g/mol. The molecule has 0 saturated heterocycles. The van der Waals surface area contributed by atoms with Crippen LogP contribution >= 0.6 is 0 Å². The fourth-order valence-electron chi connectivity index (χ4n) is 3.54. The normalized spacial score (nSPS) is 13.9. The highest BCUT2D eigenvalue weighted by molar-refractivity contribution is 5.94. The van der Waals surface area contributed by atoms with Gasteiger partial charge in [-0.05, 0) is 31.6 Å². The lowest BCUT2D eigenvalue weighted by Crippen LogP contribution is -2.58. The Morgan fingerprint density at radius 2 is 1.59 bits per heavy atom. The van der Waals surface area contributed by atoms with Crippen molar-refractivity contribution in [2.24, 2.45) is 33.8 Å². The molecule has 0 fully saturated rings. The first kappa shape index (κ1) is 32.8. The molecule has 0 aliphatic heterocycles. The molecule has 1 heterocycles. The van der Waals surface area contributed by atoms with Crippen LogP contribution in [0.15, 0.2) is 17.5 Å². The van der Waals surface area contributed by atoms with Crippen LogP contribution in [0.25, 0.3) is 0 Å². The van der Waals surface area contributed by atoms with Gasteiger partial charge in [0.25, 0.3) is 0 Å². The van der Waals surface area contributed by atoms with Crippen molar-refractivity contribution in [1.29, 1.82) is 0 Å². The summed E-state index contributed by atoms with van der Waals surface area (Å²) in [5.41, 5.74) is 22.0. The number of carbonyl (C=O) groups is 5. The molecule has 39 heavy (non-hydrogen) atoms. The maximum absolute atomic E-state index is 13.3. The van der Waals surface area contributed by atoms with Gasteiger partial charge in [0.05, 0.1) is 12.4 Å². The number of hydrogen-bond donors (Lipinski definition) is 9. The molecular formula is C23H40N10O6. The number of nitrogens with two attached hydrogens (primary N) is 4. The number of carboxylic acids is 1. The molecule has 1 aromatic rings. The van der Waals surface area contributed by atoms with E-state index in [-0.39, 0.29) is 50.5 Å². The van der Waals surface area contributed by atoms with Crippen molar-refractivity contribution in [1.82, 2.24) is 25.9 Å². The number of guanidine groups is 1. The molecule has 0 radical (unpaired) electrons. The van der Waals surface area contributed by atoms with Crippen LogP contribution < -0.4 is 38.9 Å². The molecule has 4 amide bonds. The smallest absolute Gasteiger partial charge is 0.326 e. The molecule has 16 heteroatoms. The Kier molecular flexibility index (Phi) is 14.0. The first-order chi connectivity index (χ1) is 18.3. The predicted octanol–water partition coefficient (Wildman–Crippen LogP) is -2.82. The van der Waals surface area contributed by atoms with E-state index in [4.69, 9.17) is 22.9 Å². The lowest BCUT2D eigenvalue weighted by molar-refractivity contribution is -0.142. The summed E-state index contributed by atoms with van der Waals surface area (Å²) < 4.78 is 0. The van der Waals surface area contributed by atoms with Crippen molar-refractivity contribution in [3.05, 3.63) is 18.2 Å². The second-order valence-corrected chi connectivity index (χ2v) is 9.49. The third kappa shape index (κ3) is 13.2. The Balaban J connectivity index is 3.00. The van der Waals surface area contributed by atoms with Crippen molar-refractivity contribution >= 4 is 35.6 Å². The van der Waals surface area contributed by atoms with Crippen molar-refractivity contribution in [3.63, 3.8) is 0 Å². The van der Waals surface area contributed by atoms with Crippen LogP contribution in [0.3, 0.4) is 0 Å². The number of hydrogen-bond acceptors (Lipinski definition) is 8. The summed E-state index contributed by atoms with van der Waals surface area (Å²) in [6, 6.07) is -4.58. The number of aromatic amines is 1. The lowest BCUT2D eigenvalue weighted by Gasteiger charge is -2.26. The number of imidazole rings is 1. The van der Waals surface area contributed by atoms with Crippen LogP contribution in [0.5, 0.6) is 0 Å². The molecule has 0 spiro atoms. The average Bonchev–Trinajstić information content (AvgIpc) is 3.35. The third-order valence-corrected chi connectivity index (χ3v) is 5.55. The number of rotatable bonds is 18. The molecule has 0 saturated carbocycles. The summed E-state index contributed by atoms with van der Waals surface area (Å²) >= 11 is 0. The van der Waals surface area contributed by atoms with E-state index in [1.165, 1.54) is 12.5 Å². The molecule has 1 rings (SSSR count). The summed E-state index contributed by atoms with van der Waals surface area (Å²) in [5.74, 6) is -4.13. The first-order valence-corrected chi connectivity index (χ1v) is 12.5. The SMILES string of the molecule is CC(C)CC(NC(=O)C(Cc1cnc[nH]1)NC(=O)C(N)CCC(N)=O)C(=O)NC(CCCN=C(N)N)C(=O)O. The van der Waals surface area contributed by atoms with Crippen LogP contribution in [0.4, 0.5) is 0 Å². The Labute approximate surface area is 226 Å². The van der Waals surface area contributed by atoms with Gasteiger partial charge >= 0.3 is 5.97 Å². The van der Waals surface area contributed by atoms with Crippen LogP contribution in [0, 0.1) is 5.92 Å². The summed E-state index contributed by atoms with van der Waals surface area (Å²) in [7, 11) is 0. The minimum absolute atomic E-state index is 0.00132. The summed E-state index contributed by atoms with van der Waals surface area (Å²) in [6.45, 7) is 3.85. The Morgan fingerprint density at radius 1 is 0.974 bits per heavy atom. The van der Waals surface area contributed by atoms with Crippen molar-refractivity contribution in [3.8, 4) is 0 Å². The van der Waals surface area contributed by atoms with Gasteiger partial charge in [-0.1, -0.05) is 13.8 Å². The zero-order valence-electron chi connectivity index (χ0n) is 22.2. The van der Waals surface area contributed by atoms with Gasteiger partial charge in [-0.3, -0.25) is 24.2 Å². The van der Waals surface area contributed by atoms with Crippen molar-refractivity contribution in [2.45, 2.75) is 76.5 Å². The topological polar surface area (TPSA) is 287 Å². The number of primary amides is 1. The summed E-state index contributed by atoms with van der Waals surface area (Å²) in [5, 5.41) is 17.2. The largest absolute Gasteiger partial charge is 0.480 e. The molecule has 0 aliphatic rings. The van der Waals surface area contributed by atoms with Crippen LogP contribution in [-0.2, 0) is 30.4 Å². The van der Waals surface area contributed by atoms with E-state index >= 15 is 0 Å². The highest BCUT2D eigenvalue weighted by atomic mass is 16.4. The quantitative estimate of drug-likeness (QED) is 0.0511. The maximum atomic E-state index is 13.3. The second-order valence-electron chi connectivity index (χ2n) is 9.49. The molecule has 4 atom stereocenters. The second kappa shape index (κ2) is 16.6. The average molecular weight is 553 g/mol. The highest BCUT2D eigenvalue weighted by Gasteiger charge is 2.31. The summed E-state index contributed by atoms with van der Waals surface area (Å²) in [4.78, 5) is 72.2. The maximum Gasteiger partial charge on any atom is 0.326 e. The molecule has 13 N–H and O–H groups in total. The Morgan fingerprint density at radius 3 is 2.13 bits per heavy atom. The Hall–Kier alpha value is -4.21.